The number of nitrogens with zero attached hydrogens (tertiary/aromatic N) is 5. The number of hydrogen-bond donors (Lipinski definition) is 0. The third-order valence-electron chi connectivity index (χ3n) is 5.36. The van der Waals surface area contributed by atoms with E-state index < -0.39 is 0 Å². The van der Waals surface area contributed by atoms with E-state index in [2.05, 4.69) is 36.1 Å². The lowest BCUT2D eigenvalue weighted by atomic mass is 9.88. The van der Waals surface area contributed by atoms with Crippen molar-refractivity contribution in [2.24, 2.45) is 0 Å². The lowest BCUT2D eigenvalue weighted by Crippen LogP contribution is -2.32. The second kappa shape index (κ2) is 5.56. The van der Waals surface area contributed by atoms with Gasteiger partial charge in [-0.25, -0.2) is 19.5 Å². The molecule has 0 radical (unpaired) electrons. The molecule has 7 heteroatoms. The van der Waals surface area contributed by atoms with Gasteiger partial charge >= 0.3 is 0 Å². The number of benzene rings is 1. The third-order valence-corrected chi connectivity index (χ3v) is 6.43. The van der Waals surface area contributed by atoms with Crippen molar-refractivity contribution in [1.29, 1.82) is 0 Å². The summed E-state index contributed by atoms with van der Waals surface area (Å²) < 4.78 is 8.91. The molecule has 5 heterocycles. The summed E-state index contributed by atoms with van der Waals surface area (Å²) in [6.07, 6.45) is 4.13. The van der Waals surface area contributed by atoms with Crippen LogP contribution in [0.15, 0.2) is 43.0 Å². The maximum absolute atomic E-state index is 6.17. The van der Waals surface area contributed by atoms with Gasteiger partial charge < -0.3 is 4.74 Å². The van der Waals surface area contributed by atoms with Gasteiger partial charge in [0.25, 0.3) is 0 Å². The predicted octanol–water partition coefficient (Wildman–Crippen LogP) is 4.41. The highest BCUT2D eigenvalue weighted by Crippen LogP contribution is 2.43. The standard InChI is InChI=1S/C21H17N5OS/c1-21(2)8-13-14(9-27-21)16(12-6-4-3-5-7-12)25-20-15(13)17-18(28-20)19-22-10-24-26(19)11-23-17/h3-7,10-11H,8-9H2,1-2H3. The van der Waals surface area contributed by atoms with Gasteiger partial charge in [-0.3, -0.25) is 0 Å². The summed E-state index contributed by atoms with van der Waals surface area (Å²) in [5.41, 5.74) is 6.15. The quantitative estimate of drug-likeness (QED) is 0.426. The average molecular weight is 387 g/mol. The molecule has 0 atom stereocenters. The molecular weight excluding hydrogens is 370 g/mol. The zero-order valence-electron chi connectivity index (χ0n) is 15.5. The van der Waals surface area contributed by atoms with Crippen LogP contribution in [0.2, 0.25) is 0 Å². The van der Waals surface area contributed by atoms with E-state index in [0.717, 1.165) is 43.8 Å². The van der Waals surface area contributed by atoms with E-state index >= 15 is 0 Å². The zero-order chi connectivity index (χ0) is 18.9. The van der Waals surface area contributed by atoms with Gasteiger partial charge in [-0.1, -0.05) is 30.3 Å². The van der Waals surface area contributed by atoms with Crippen molar-refractivity contribution < 1.29 is 4.74 Å². The van der Waals surface area contributed by atoms with E-state index in [4.69, 9.17) is 14.7 Å². The molecule has 1 aliphatic rings. The molecule has 5 aromatic rings. The van der Waals surface area contributed by atoms with Crippen LogP contribution in [0.25, 0.3) is 37.3 Å². The molecule has 1 aromatic carbocycles. The van der Waals surface area contributed by atoms with E-state index in [9.17, 15) is 0 Å². The molecule has 4 aromatic heterocycles. The van der Waals surface area contributed by atoms with Crippen LogP contribution in [-0.4, -0.2) is 30.2 Å². The summed E-state index contributed by atoms with van der Waals surface area (Å²) in [5, 5.41) is 5.36. The Morgan fingerprint density at radius 1 is 1.11 bits per heavy atom. The number of thiophene rings is 1. The molecule has 0 saturated heterocycles. The predicted molar refractivity (Wildman–Crippen MR) is 109 cm³/mol. The molecule has 0 saturated carbocycles. The molecule has 0 amide bonds. The molecule has 28 heavy (non-hydrogen) atoms. The van der Waals surface area contributed by atoms with E-state index in [0.29, 0.717) is 6.61 Å². The second-order valence-corrected chi connectivity index (χ2v) is 8.74. The topological polar surface area (TPSA) is 65.2 Å². The van der Waals surface area contributed by atoms with Crippen molar-refractivity contribution in [3.8, 4) is 11.3 Å². The van der Waals surface area contributed by atoms with Gasteiger partial charge in [0.2, 0.25) is 0 Å². The van der Waals surface area contributed by atoms with Crippen molar-refractivity contribution in [2.45, 2.75) is 32.5 Å². The molecule has 0 aliphatic carbocycles. The first-order chi connectivity index (χ1) is 13.6. The highest BCUT2D eigenvalue weighted by Gasteiger charge is 2.32. The SMILES string of the molecule is CC1(C)Cc2c(c(-c3ccccc3)nc3sc4c(ncn5ncnc45)c23)CO1. The Bertz CT molecular complexity index is 1370. The highest BCUT2D eigenvalue weighted by molar-refractivity contribution is 7.26. The van der Waals surface area contributed by atoms with Crippen LogP contribution in [-0.2, 0) is 17.8 Å². The fourth-order valence-corrected chi connectivity index (χ4v) is 5.18. The summed E-state index contributed by atoms with van der Waals surface area (Å²) in [4.78, 5) is 15.2. The normalized spacial score (nSPS) is 16.1. The highest BCUT2D eigenvalue weighted by atomic mass is 32.1. The minimum absolute atomic E-state index is 0.220. The number of hydrogen-bond acceptors (Lipinski definition) is 6. The minimum Gasteiger partial charge on any atom is -0.370 e. The maximum Gasteiger partial charge on any atom is 0.176 e. The maximum atomic E-state index is 6.17. The van der Waals surface area contributed by atoms with Gasteiger partial charge in [0.05, 0.1) is 23.4 Å². The molecule has 0 spiro atoms. The van der Waals surface area contributed by atoms with Crippen molar-refractivity contribution in [2.75, 3.05) is 0 Å². The molecule has 0 N–H and O–H groups in total. The number of ether oxygens (including phenoxy) is 1. The average Bonchev–Trinajstić information content (AvgIpc) is 3.31. The van der Waals surface area contributed by atoms with Crippen molar-refractivity contribution in [1.82, 2.24) is 24.6 Å². The van der Waals surface area contributed by atoms with E-state index in [1.807, 2.05) is 18.2 Å². The van der Waals surface area contributed by atoms with Crippen LogP contribution in [0.4, 0.5) is 0 Å². The fraction of sp³-hybridized carbons (Fsp3) is 0.238. The molecule has 0 unspecified atom stereocenters. The molecule has 6 nitrogen and oxygen atoms in total. The first-order valence-corrected chi connectivity index (χ1v) is 10.0. The van der Waals surface area contributed by atoms with Crippen LogP contribution >= 0.6 is 11.3 Å². The number of fused-ring (bicyclic) bond motifs is 7. The Balaban J connectivity index is 1.77. The Morgan fingerprint density at radius 2 is 1.96 bits per heavy atom. The number of rotatable bonds is 1. The van der Waals surface area contributed by atoms with Gasteiger partial charge in [-0.05, 0) is 19.4 Å². The Morgan fingerprint density at radius 3 is 2.82 bits per heavy atom. The van der Waals surface area contributed by atoms with Crippen LogP contribution in [0, 0.1) is 0 Å². The smallest absolute Gasteiger partial charge is 0.176 e. The molecule has 0 bridgehead atoms. The monoisotopic (exact) mass is 387 g/mol. The van der Waals surface area contributed by atoms with Crippen LogP contribution in [0.5, 0.6) is 0 Å². The van der Waals surface area contributed by atoms with E-state index in [-0.39, 0.29) is 5.60 Å². The lowest BCUT2D eigenvalue weighted by molar-refractivity contribution is -0.0394. The van der Waals surface area contributed by atoms with Gasteiger partial charge in [0.15, 0.2) is 5.65 Å². The molecule has 6 rings (SSSR count). The third kappa shape index (κ3) is 2.23. The van der Waals surface area contributed by atoms with Gasteiger partial charge in [-0.2, -0.15) is 5.10 Å². The zero-order valence-corrected chi connectivity index (χ0v) is 16.3. The van der Waals surface area contributed by atoms with Crippen molar-refractivity contribution in [3.63, 3.8) is 0 Å². The van der Waals surface area contributed by atoms with Crippen LogP contribution in [0.3, 0.4) is 0 Å². The molecular formula is C21H17N5OS. The minimum atomic E-state index is -0.220. The largest absolute Gasteiger partial charge is 0.370 e. The molecule has 0 fully saturated rings. The van der Waals surface area contributed by atoms with Crippen LogP contribution in [0.1, 0.15) is 25.0 Å². The number of aromatic nitrogens is 5. The summed E-state index contributed by atoms with van der Waals surface area (Å²) in [7, 11) is 0. The first-order valence-electron chi connectivity index (χ1n) is 9.22. The second-order valence-electron chi connectivity index (χ2n) is 7.74. The van der Waals surface area contributed by atoms with Crippen molar-refractivity contribution in [3.05, 3.63) is 54.1 Å². The lowest BCUT2D eigenvalue weighted by Gasteiger charge is -2.33. The van der Waals surface area contributed by atoms with Gasteiger partial charge in [0.1, 0.15) is 22.2 Å². The number of pyridine rings is 1. The molecule has 1 aliphatic heterocycles. The van der Waals surface area contributed by atoms with Crippen LogP contribution < -0.4 is 0 Å². The van der Waals surface area contributed by atoms with E-state index in [1.54, 1.807) is 28.5 Å². The fourth-order valence-electron chi connectivity index (χ4n) is 4.04. The van der Waals surface area contributed by atoms with Gasteiger partial charge in [-0.15, -0.1) is 11.3 Å². The summed E-state index contributed by atoms with van der Waals surface area (Å²) in [6, 6.07) is 10.3. The van der Waals surface area contributed by atoms with Gasteiger partial charge in [0, 0.05) is 22.9 Å². The Hall–Kier alpha value is -2.90. The first kappa shape index (κ1) is 16.1. The molecule has 138 valence electrons. The van der Waals surface area contributed by atoms with E-state index in [1.165, 1.54) is 11.1 Å². The summed E-state index contributed by atoms with van der Waals surface area (Å²) >= 11 is 1.64. The summed E-state index contributed by atoms with van der Waals surface area (Å²) in [5.74, 6) is 0. The summed E-state index contributed by atoms with van der Waals surface area (Å²) in [6.45, 7) is 4.84. The van der Waals surface area contributed by atoms with Crippen molar-refractivity contribution >= 4 is 37.4 Å². The Labute approximate surface area is 164 Å². The Kier molecular flexibility index (Phi) is 3.19.